The van der Waals surface area contributed by atoms with Crippen LogP contribution in [-0.4, -0.2) is 4.57 Å². The summed E-state index contributed by atoms with van der Waals surface area (Å²) in [5, 5.41) is 7.86. The highest BCUT2D eigenvalue weighted by Crippen LogP contribution is 2.48. The Balaban J connectivity index is 1.02. The second-order valence-electron chi connectivity index (χ2n) is 18.2. The molecule has 0 unspecified atom stereocenters. The first kappa shape index (κ1) is 39.6. The normalized spacial score (nSPS) is 13.3. The summed E-state index contributed by atoms with van der Waals surface area (Å²) in [5.74, 6) is 0.574. The molecule has 0 bridgehead atoms. The van der Waals surface area contributed by atoms with Gasteiger partial charge in [0.2, 0.25) is 0 Å². The summed E-state index contributed by atoms with van der Waals surface area (Å²) >= 11 is 1.87. The van der Waals surface area contributed by atoms with Gasteiger partial charge in [0.25, 0.3) is 0 Å². The minimum atomic E-state index is 0.574. The van der Waals surface area contributed by atoms with Gasteiger partial charge in [0, 0.05) is 59.1 Å². The van der Waals surface area contributed by atoms with Crippen LogP contribution in [0, 0.1) is 0 Å². The van der Waals surface area contributed by atoms with Crippen molar-refractivity contribution in [3.63, 3.8) is 0 Å². The summed E-state index contributed by atoms with van der Waals surface area (Å²) in [5.41, 5.74) is 15.8. The van der Waals surface area contributed by atoms with Crippen molar-refractivity contribution in [1.82, 2.24) is 4.57 Å². The molecule has 10 aromatic carbocycles. The standard InChI is InChI=1S/C64H48N2S/c1-3-18-43(19-4-1)50-29-14-20-45-21-15-32-55(62(45)50)53-26-7-10-34-58(53)65(48-40-38-44(39-41-48)51-30-17-37-61-63(51)57-28-9-12-36-60(57)67-61)49-25-13-22-46(42-49)52-31-16-33-56-54-27-8-11-35-59(54)66(64(52)56)47-23-5-2-6-24-47/h2,5-17,20-43H,1,3-4,18-19H2. The van der Waals surface area contributed by atoms with Crippen molar-refractivity contribution in [2.45, 2.75) is 38.0 Å². The van der Waals surface area contributed by atoms with E-state index < -0.39 is 0 Å². The zero-order valence-corrected chi connectivity index (χ0v) is 38.1. The summed E-state index contributed by atoms with van der Waals surface area (Å²) in [6.07, 6.45) is 6.45. The third-order valence-corrected chi connectivity index (χ3v) is 15.5. The highest BCUT2D eigenvalue weighted by Gasteiger charge is 2.24. The van der Waals surface area contributed by atoms with Crippen molar-refractivity contribution >= 4 is 81.1 Å². The number of thiophene rings is 1. The largest absolute Gasteiger partial charge is 0.310 e. The highest BCUT2D eigenvalue weighted by atomic mass is 32.1. The number of hydrogen-bond acceptors (Lipinski definition) is 2. The number of aromatic nitrogens is 1. The number of nitrogens with zero attached hydrogens (tertiary/aromatic N) is 2. The third kappa shape index (κ3) is 6.76. The number of rotatable bonds is 8. The number of fused-ring (bicyclic) bond motifs is 7. The Morgan fingerprint density at radius 2 is 1.07 bits per heavy atom. The van der Waals surface area contributed by atoms with Crippen LogP contribution >= 0.6 is 11.3 Å². The van der Waals surface area contributed by atoms with Crippen molar-refractivity contribution in [3.8, 4) is 39.1 Å². The summed E-state index contributed by atoms with van der Waals surface area (Å²) in [4.78, 5) is 2.50. The van der Waals surface area contributed by atoms with Crippen LogP contribution in [0.1, 0.15) is 43.6 Å². The first-order valence-corrected chi connectivity index (χ1v) is 24.7. The van der Waals surface area contributed by atoms with Gasteiger partial charge >= 0.3 is 0 Å². The summed E-state index contributed by atoms with van der Waals surface area (Å²) < 4.78 is 5.09. The molecule has 2 heterocycles. The smallest absolute Gasteiger partial charge is 0.0619 e. The van der Waals surface area contributed by atoms with Crippen LogP contribution in [0.2, 0.25) is 0 Å². The zero-order valence-electron chi connectivity index (χ0n) is 37.3. The van der Waals surface area contributed by atoms with Crippen molar-refractivity contribution < 1.29 is 0 Å². The third-order valence-electron chi connectivity index (χ3n) is 14.4. The molecule has 2 aromatic heterocycles. The van der Waals surface area contributed by atoms with E-state index in [1.54, 1.807) is 0 Å². The van der Waals surface area contributed by atoms with E-state index in [9.17, 15) is 0 Å². The quantitative estimate of drug-likeness (QED) is 0.148. The fraction of sp³-hybridized carbons (Fsp3) is 0.0938. The van der Waals surface area contributed by atoms with Crippen molar-refractivity contribution in [2.75, 3.05) is 4.90 Å². The Kier molecular flexibility index (Phi) is 9.83. The van der Waals surface area contributed by atoms with Gasteiger partial charge in [-0.05, 0) is 118 Å². The molecule has 0 radical (unpaired) electrons. The fourth-order valence-corrected chi connectivity index (χ4v) is 12.5. The van der Waals surface area contributed by atoms with Gasteiger partial charge < -0.3 is 9.47 Å². The van der Waals surface area contributed by atoms with Crippen LogP contribution < -0.4 is 4.90 Å². The van der Waals surface area contributed by atoms with Gasteiger partial charge in [-0.25, -0.2) is 0 Å². The van der Waals surface area contributed by atoms with E-state index in [1.807, 2.05) is 11.3 Å². The first-order valence-electron chi connectivity index (χ1n) is 23.9. The molecule has 13 rings (SSSR count). The molecule has 3 heteroatoms. The number of anilines is 3. The van der Waals surface area contributed by atoms with Gasteiger partial charge in [-0.3, -0.25) is 0 Å². The number of benzene rings is 10. The molecule has 1 aliphatic rings. The highest BCUT2D eigenvalue weighted by molar-refractivity contribution is 7.25. The lowest BCUT2D eigenvalue weighted by atomic mass is 9.80. The topological polar surface area (TPSA) is 8.17 Å². The van der Waals surface area contributed by atoms with E-state index in [0.717, 1.165) is 22.7 Å². The fourth-order valence-electron chi connectivity index (χ4n) is 11.4. The molecule has 320 valence electrons. The van der Waals surface area contributed by atoms with Gasteiger partial charge in [-0.1, -0.05) is 183 Å². The molecular formula is C64H48N2S. The molecule has 67 heavy (non-hydrogen) atoms. The Bertz CT molecular complexity index is 3790. The lowest BCUT2D eigenvalue weighted by molar-refractivity contribution is 0.445. The maximum atomic E-state index is 2.50. The Morgan fingerprint density at radius 3 is 1.96 bits per heavy atom. The van der Waals surface area contributed by atoms with E-state index in [4.69, 9.17) is 0 Å². The predicted octanol–water partition coefficient (Wildman–Crippen LogP) is 18.8. The Hall–Kier alpha value is -7.72. The summed E-state index contributed by atoms with van der Waals surface area (Å²) in [6.45, 7) is 0. The SMILES string of the molecule is c1ccc(-n2c3ccccc3c3cccc(-c4cccc(N(c5ccc(-c6cccc7sc8ccccc8c67)cc5)c5ccccc5-c5cccc6cccc(C7CCCCC7)c56)c4)c32)cc1. The number of hydrogen-bond donors (Lipinski definition) is 0. The minimum Gasteiger partial charge on any atom is -0.310 e. The monoisotopic (exact) mass is 876 g/mol. The molecule has 1 saturated carbocycles. The predicted molar refractivity (Wildman–Crippen MR) is 288 cm³/mol. The maximum Gasteiger partial charge on any atom is 0.0619 e. The molecule has 0 spiro atoms. The Labute approximate surface area is 395 Å². The average molecular weight is 877 g/mol. The molecule has 1 fully saturated rings. The lowest BCUT2D eigenvalue weighted by Gasteiger charge is -2.29. The molecular weight excluding hydrogens is 829 g/mol. The van der Waals surface area contributed by atoms with Gasteiger partial charge in [0.15, 0.2) is 0 Å². The molecule has 1 aliphatic carbocycles. The van der Waals surface area contributed by atoms with Crippen LogP contribution in [0.25, 0.3) is 91.8 Å². The minimum absolute atomic E-state index is 0.574. The molecule has 0 N–H and O–H groups in total. The van der Waals surface area contributed by atoms with Crippen LogP contribution in [0.3, 0.4) is 0 Å². The van der Waals surface area contributed by atoms with E-state index in [0.29, 0.717) is 5.92 Å². The molecule has 0 amide bonds. The summed E-state index contributed by atoms with van der Waals surface area (Å²) in [6, 6.07) is 83.5. The lowest BCUT2D eigenvalue weighted by Crippen LogP contribution is -2.11. The van der Waals surface area contributed by atoms with Crippen molar-refractivity contribution in [1.29, 1.82) is 0 Å². The van der Waals surface area contributed by atoms with E-state index >= 15 is 0 Å². The average Bonchev–Trinajstić information content (AvgIpc) is 3.96. The van der Waals surface area contributed by atoms with Crippen molar-refractivity contribution in [2.24, 2.45) is 0 Å². The van der Waals surface area contributed by atoms with Gasteiger partial charge in [0.1, 0.15) is 0 Å². The second-order valence-corrected chi connectivity index (χ2v) is 19.3. The van der Waals surface area contributed by atoms with E-state index in [2.05, 4.69) is 234 Å². The van der Waals surface area contributed by atoms with Gasteiger partial charge in [-0.2, -0.15) is 0 Å². The molecule has 0 saturated heterocycles. The van der Waals surface area contributed by atoms with E-state index in [1.165, 1.54) is 124 Å². The van der Waals surface area contributed by atoms with E-state index in [-0.39, 0.29) is 0 Å². The Morgan fingerprint density at radius 1 is 0.418 bits per heavy atom. The van der Waals surface area contributed by atoms with Crippen LogP contribution in [0.15, 0.2) is 224 Å². The van der Waals surface area contributed by atoms with Gasteiger partial charge in [0.05, 0.1) is 16.7 Å². The molecule has 2 nitrogen and oxygen atoms in total. The first-order chi connectivity index (χ1) is 33.3. The molecule has 0 atom stereocenters. The molecule has 0 aliphatic heterocycles. The van der Waals surface area contributed by atoms with Crippen LogP contribution in [0.5, 0.6) is 0 Å². The zero-order chi connectivity index (χ0) is 44.3. The van der Waals surface area contributed by atoms with Crippen LogP contribution in [0.4, 0.5) is 17.1 Å². The molecule has 12 aromatic rings. The maximum absolute atomic E-state index is 2.50. The van der Waals surface area contributed by atoms with Gasteiger partial charge in [-0.15, -0.1) is 11.3 Å². The summed E-state index contributed by atoms with van der Waals surface area (Å²) in [7, 11) is 0. The van der Waals surface area contributed by atoms with Crippen molar-refractivity contribution in [3.05, 3.63) is 230 Å². The number of para-hydroxylation sites is 4. The van der Waals surface area contributed by atoms with Crippen LogP contribution in [-0.2, 0) is 0 Å². The second kappa shape index (κ2) is 16.6.